The zero-order chi connectivity index (χ0) is 9.42. The summed E-state index contributed by atoms with van der Waals surface area (Å²) in [6, 6.07) is 1.75. The lowest BCUT2D eigenvalue weighted by Gasteiger charge is -1.96. The van der Waals surface area contributed by atoms with Crippen molar-refractivity contribution < 1.29 is 8.78 Å². The molecule has 1 N–H and O–H groups in total. The molecule has 66 valence electrons. The van der Waals surface area contributed by atoms with Gasteiger partial charge >= 0.3 is 0 Å². The van der Waals surface area contributed by atoms with E-state index in [1.54, 1.807) is 0 Å². The number of aromatic amines is 1. The van der Waals surface area contributed by atoms with Gasteiger partial charge in [-0.15, -0.1) is 0 Å². The number of hydrogen-bond donors (Lipinski definition) is 1. The van der Waals surface area contributed by atoms with Gasteiger partial charge in [0.05, 0.1) is 17.1 Å². The average Bonchev–Trinajstić information content (AvgIpc) is 2.09. The molecule has 0 atom stereocenters. The van der Waals surface area contributed by atoms with Crippen LogP contribution in [0.1, 0.15) is 0 Å². The molecule has 1 aromatic carbocycles. The van der Waals surface area contributed by atoms with Crippen LogP contribution in [-0.4, -0.2) is 10.2 Å². The highest BCUT2D eigenvalue weighted by Gasteiger charge is 2.05. The first-order valence-electron chi connectivity index (χ1n) is 3.51. The van der Waals surface area contributed by atoms with Crippen molar-refractivity contribution in [3.63, 3.8) is 0 Å². The fourth-order valence-corrected chi connectivity index (χ4v) is 1.07. The van der Waals surface area contributed by atoms with E-state index in [1.807, 2.05) is 0 Å². The molecule has 0 aliphatic heterocycles. The Kier molecular flexibility index (Phi) is 1.58. The molecule has 0 bridgehead atoms. The van der Waals surface area contributed by atoms with Crippen LogP contribution in [0.25, 0.3) is 10.9 Å². The first-order chi connectivity index (χ1) is 6.18. The van der Waals surface area contributed by atoms with Gasteiger partial charge in [-0.1, -0.05) is 0 Å². The van der Waals surface area contributed by atoms with Gasteiger partial charge in [0.15, 0.2) is 11.6 Å². The summed E-state index contributed by atoms with van der Waals surface area (Å²) in [6.45, 7) is 0. The monoisotopic (exact) mass is 182 g/mol. The predicted molar refractivity (Wildman–Crippen MR) is 42.3 cm³/mol. The number of halogens is 2. The lowest BCUT2D eigenvalue weighted by atomic mass is 10.2. The molecule has 0 fully saturated rings. The molecule has 3 nitrogen and oxygen atoms in total. The van der Waals surface area contributed by atoms with Gasteiger partial charge in [-0.25, -0.2) is 8.78 Å². The summed E-state index contributed by atoms with van der Waals surface area (Å²) in [7, 11) is 0. The second-order valence-corrected chi connectivity index (χ2v) is 2.55. The minimum Gasteiger partial charge on any atom is -0.287 e. The minimum absolute atomic E-state index is 0.0916. The molecule has 1 aromatic heterocycles. The van der Waals surface area contributed by atoms with Crippen LogP contribution in [0.15, 0.2) is 23.1 Å². The molecule has 0 spiro atoms. The van der Waals surface area contributed by atoms with Gasteiger partial charge in [-0.05, 0) is 6.07 Å². The first-order valence-corrected chi connectivity index (χ1v) is 3.51. The lowest BCUT2D eigenvalue weighted by molar-refractivity contribution is 0.510. The van der Waals surface area contributed by atoms with Crippen molar-refractivity contribution in [1.29, 1.82) is 0 Å². The SMILES string of the molecule is O=c1cn[nH]c2cc(F)c(F)cc12. The molecule has 0 radical (unpaired) electrons. The van der Waals surface area contributed by atoms with Crippen LogP contribution < -0.4 is 5.43 Å². The second kappa shape index (κ2) is 2.62. The molecule has 0 unspecified atom stereocenters. The van der Waals surface area contributed by atoms with Gasteiger partial charge < -0.3 is 0 Å². The van der Waals surface area contributed by atoms with Gasteiger partial charge in [0.2, 0.25) is 5.43 Å². The largest absolute Gasteiger partial charge is 0.287 e. The number of nitrogens with zero attached hydrogens (tertiary/aromatic N) is 1. The van der Waals surface area contributed by atoms with Crippen LogP contribution in [0.4, 0.5) is 8.78 Å². The van der Waals surface area contributed by atoms with E-state index < -0.39 is 17.1 Å². The molecule has 1 heterocycles. The number of fused-ring (bicyclic) bond motifs is 1. The number of rotatable bonds is 0. The van der Waals surface area contributed by atoms with Crippen molar-refractivity contribution in [2.45, 2.75) is 0 Å². The zero-order valence-corrected chi connectivity index (χ0v) is 6.34. The van der Waals surface area contributed by atoms with E-state index >= 15 is 0 Å². The Morgan fingerprint density at radius 3 is 2.69 bits per heavy atom. The van der Waals surface area contributed by atoms with Crippen LogP contribution in [0.2, 0.25) is 0 Å². The third kappa shape index (κ3) is 1.18. The molecule has 0 saturated heterocycles. The molecule has 5 heteroatoms. The number of nitrogens with one attached hydrogen (secondary N) is 1. The van der Waals surface area contributed by atoms with E-state index in [9.17, 15) is 13.6 Å². The molecule has 0 saturated carbocycles. The van der Waals surface area contributed by atoms with Crippen LogP contribution in [0.5, 0.6) is 0 Å². The van der Waals surface area contributed by atoms with E-state index in [0.29, 0.717) is 0 Å². The maximum absolute atomic E-state index is 12.7. The number of benzene rings is 1. The Morgan fingerprint density at radius 1 is 1.23 bits per heavy atom. The molecule has 13 heavy (non-hydrogen) atoms. The Labute approximate surface area is 71.0 Å². The third-order valence-corrected chi connectivity index (χ3v) is 1.69. The van der Waals surface area contributed by atoms with E-state index in [4.69, 9.17) is 0 Å². The van der Waals surface area contributed by atoms with Crippen LogP contribution >= 0.6 is 0 Å². The summed E-state index contributed by atoms with van der Waals surface area (Å²) < 4.78 is 25.3. The standard InChI is InChI=1S/C8H4F2N2O/c9-5-1-4-7(2-6(5)10)12-11-3-8(4)13/h1-3H,(H,12,13). The van der Waals surface area contributed by atoms with Gasteiger partial charge in [-0.3, -0.25) is 9.89 Å². The van der Waals surface area contributed by atoms with Gasteiger partial charge in [-0.2, -0.15) is 5.10 Å². The Balaban J connectivity index is 2.97. The molecule has 2 rings (SSSR count). The summed E-state index contributed by atoms with van der Waals surface area (Å²) in [4.78, 5) is 11.1. The Hall–Kier alpha value is -1.78. The molecule has 0 amide bonds. The maximum atomic E-state index is 12.7. The first kappa shape index (κ1) is 7.85. The number of aromatic nitrogens is 2. The van der Waals surface area contributed by atoms with Gasteiger partial charge in [0.1, 0.15) is 0 Å². The van der Waals surface area contributed by atoms with Crippen molar-refractivity contribution in [3.05, 3.63) is 40.2 Å². The lowest BCUT2D eigenvalue weighted by Crippen LogP contribution is -2.04. The molecular formula is C8H4F2N2O. The van der Waals surface area contributed by atoms with Crippen LogP contribution in [0.3, 0.4) is 0 Å². The zero-order valence-electron chi connectivity index (χ0n) is 6.34. The quantitative estimate of drug-likeness (QED) is 0.665. The number of hydrogen-bond acceptors (Lipinski definition) is 2. The summed E-state index contributed by atoms with van der Waals surface area (Å²) in [6.07, 6.45) is 1.01. The smallest absolute Gasteiger partial charge is 0.208 e. The van der Waals surface area contributed by atoms with E-state index in [1.165, 1.54) is 0 Å². The fourth-order valence-electron chi connectivity index (χ4n) is 1.07. The van der Waals surface area contributed by atoms with Gasteiger partial charge in [0, 0.05) is 6.07 Å². The van der Waals surface area contributed by atoms with Crippen LogP contribution in [-0.2, 0) is 0 Å². The second-order valence-electron chi connectivity index (χ2n) is 2.55. The Bertz CT molecular complexity index is 521. The topological polar surface area (TPSA) is 45.8 Å². The average molecular weight is 182 g/mol. The van der Waals surface area contributed by atoms with Crippen molar-refractivity contribution in [1.82, 2.24) is 10.2 Å². The van der Waals surface area contributed by atoms with E-state index in [-0.39, 0.29) is 10.9 Å². The van der Waals surface area contributed by atoms with Crippen molar-refractivity contribution in [2.24, 2.45) is 0 Å². The number of H-pyrrole nitrogens is 1. The molecule has 0 aliphatic rings. The summed E-state index contributed by atoms with van der Waals surface area (Å²) in [5.74, 6) is -2.04. The van der Waals surface area contributed by atoms with Crippen molar-refractivity contribution in [2.75, 3.05) is 0 Å². The third-order valence-electron chi connectivity index (χ3n) is 1.69. The van der Waals surface area contributed by atoms with Crippen molar-refractivity contribution >= 4 is 10.9 Å². The molecular weight excluding hydrogens is 178 g/mol. The Morgan fingerprint density at radius 2 is 1.92 bits per heavy atom. The summed E-state index contributed by atoms with van der Waals surface area (Å²) in [5.41, 5.74) is -0.251. The summed E-state index contributed by atoms with van der Waals surface area (Å²) in [5, 5.41) is 5.95. The highest BCUT2D eigenvalue weighted by atomic mass is 19.2. The van der Waals surface area contributed by atoms with Crippen LogP contribution in [0, 0.1) is 11.6 Å². The molecule has 0 aliphatic carbocycles. The maximum Gasteiger partial charge on any atom is 0.208 e. The summed E-state index contributed by atoms with van der Waals surface area (Å²) >= 11 is 0. The highest BCUT2D eigenvalue weighted by molar-refractivity contribution is 5.77. The highest BCUT2D eigenvalue weighted by Crippen LogP contribution is 2.11. The minimum atomic E-state index is -1.04. The van der Waals surface area contributed by atoms with Gasteiger partial charge in [0.25, 0.3) is 0 Å². The normalized spacial score (nSPS) is 10.6. The van der Waals surface area contributed by atoms with Crippen molar-refractivity contribution in [3.8, 4) is 0 Å². The fraction of sp³-hybridized carbons (Fsp3) is 0. The predicted octanol–water partition coefficient (Wildman–Crippen LogP) is 1.20. The molecule has 2 aromatic rings. The van der Waals surface area contributed by atoms with E-state index in [2.05, 4.69) is 10.2 Å². The van der Waals surface area contributed by atoms with E-state index in [0.717, 1.165) is 18.3 Å².